The van der Waals surface area contributed by atoms with Gasteiger partial charge in [0.1, 0.15) is 0 Å². The van der Waals surface area contributed by atoms with Crippen LogP contribution in [0.25, 0.3) is 44.5 Å². The van der Waals surface area contributed by atoms with Crippen molar-refractivity contribution in [3.8, 4) is 44.5 Å². The first-order valence-electron chi connectivity index (χ1n) is 21.8. The average Bonchev–Trinajstić information content (AvgIpc) is 3.82. The fourth-order valence-corrected chi connectivity index (χ4v) is 10.3. The lowest BCUT2D eigenvalue weighted by molar-refractivity contribution is 0.793. The van der Waals surface area contributed by atoms with Gasteiger partial charge in [-0.25, -0.2) is 0 Å². The van der Waals surface area contributed by atoms with Crippen molar-refractivity contribution in [1.82, 2.24) is 0 Å². The third-order valence-electron chi connectivity index (χ3n) is 13.0. The Morgan fingerprint density at radius 2 is 0.540 bits per heavy atom. The number of benzene rings is 10. The molecule has 0 fully saturated rings. The van der Waals surface area contributed by atoms with Gasteiger partial charge in [0.2, 0.25) is 0 Å². The molecule has 10 aromatic carbocycles. The lowest BCUT2D eigenvalue weighted by Crippen LogP contribution is -2.26. The Labute approximate surface area is 369 Å². The number of anilines is 6. The molecular weight excluding hydrogens is 761 g/mol. The van der Waals surface area contributed by atoms with Gasteiger partial charge in [0, 0.05) is 34.1 Å². The summed E-state index contributed by atoms with van der Waals surface area (Å²) in [5, 5.41) is 0. The highest BCUT2D eigenvalue weighted by molar-refractivity contribution is 5.97. The molecule has 0 bridgehead atoms. The fourth-order valence-electron chi connectivity index (χ4n) is 10.3. The van der Waals surface area contributed by atoms with Crippen LogP contribution >= 0.6 is 0 Å². The first kappa shape index (κ1) is 36.6. The van der Waals surface area contributed by atoms with Crippen molar-refractivity contribution in [2.45, 2.75) is 5.41 Å². The molecule has 1 atom stereocenters. The SMILES string of the molecule is c1ccc(-c2ccc(N(c3cccc(-c4ccccc4)c3)c3ccc4c(c3)C3(c5ccccc5-c5ccc(N(c6ccccc6)c6ccccc6)cc53)c3ccccc3-4)cc2)cc1. The van der Waals surface area contributed by atoms with Crippen molar-refractivity contribution >= 4 is 34.1 Å². The molecule has 63 heavy (non-hydrogen) atoms. The summed E-state index contributed by atoms with van der Waals surface area (Å²) in [5.41, 5.74) is 21.2. The molecule has 0 radical (unpaired) electrons. The Kier molecular flexibility index (Phi) is 8.76. The summed E-state index contributed by atoms with van der Waals surface area (Å²) in [7, 11) is 0. The molecule has 0 saturated carbocycles. The molecule has 1 unspecified atom stereocenters. The minimum Gasteiger partial charge on any atom is -0.310 e. The second kappa shape index (κ2) is 15.1. The summed E-state index contributed by atoms with van der Waals surface area (Å²) in [4.78, 5) is 4.82. The predicted octanol–water partition coefficient (Wildman–Crippen LogP) is 16.3. The Morgan fingerprint density at radius 1 is 0.206 bits per heavy atom. The molecule has 1 spiro atoms. The summed E-state index contributed by atoms with van der Waals surface area (Å²) in [5.74, 6) is 0. The van der Waals surface area contributed by atoms with E-state index in [9.17, 15) is 0 Å². The quantitative estimate of drug-likeness (QED) is 0.151. The molecular formula is C61H42N2. The van der Waals surface area contributed by atoms with Crippen LogP contribution in [0.5, 0.6) is 0 Å². The maximum Gasteiger partial charge on any atom is 0.0727 e. The van der Waals surface area contributed by atoms with Crippen LogP contribution in [0.1, 0.15) is 22.3 Å². The lowest BCUT2D eigenvalue weighted by Gasteiger charge is -2.33. The first-order valence-corrected chi connectivity index (χ1v) is 21.8. The number of hydrogen-bond acceptors (Lipinski definition) is 2. The van der Waals surface area contributed by atoms with Crippen molar-refractivity contribution < 1.29 is 0 Å². The Hall–Kier alpha value is -8.20. The number of rotatable bonds is 8. The fraction of sp³-hybridized carbons (Fsp3) is 0.0164. The molecule has 2 heteroatoms. The van der Waals surface area contributed by atoms with E-state index in [1.807, 2.05) is 0 Å². The van der Waals surface area contributed by atoms with Crippen LogP contribution in [0.15, 0.2) is 255 Å². The van der Waals surface area contributed by atoms with Gasteiger partial charge in [0.05, 0.1) is 5.41 Å². The molecule has 0 aliphatic heterocycles. The molecule has 2 aliphatic carbocycles. The Balaban J connectivity index is 1.09. The monoisotopic (exact) mass is 802 g/mol. The zero-order chi connectivity index (χ0) is 41.7. The van der Waals surface area contributed by atoms with E-state index < -0.39 is 5.41 Å². The molecule has 0 N–H and O–H groups in total. The molecule has 0 heterocycles. The highest BCUT2D eigenvalue weighted by Crippen LogP contribution is 2.64. The molecule has 296 valence electrons. The van der Waals surface area contributed by atoms with Crippen molar-refractivity contribution in [3.63, 3.8) is 0 Å². The highest BCUT2D eigenvalue weighted by Gasteiger charge is 2.52. The van der Waals surface area contributed by atoms with Crippen LogP contribution in [0.4, 0.5) is 34.1 Å². The minimum atomic E-state index is -0.558. The van der Waals surface area contributed by atoms with E-state index >= 15 is 0 Å². The number of para-hydroxylation sites is 2. The number of nitrogens with zero attached hydrogens (tertiary/aromatic N) is 2. The van der Waals surface area contributed by atoms with Gasteiger partial charge >= 0.3 is 0 Å². The average molecular weight is 803 g/mol. The molecule has 2 nitrogen and oxygen atoms in total. The molecule has 0 aromatic heterocycles. The van der Waals surface area contributed by atoms with Gasteiger partial charge in [0.15, 0.2) is 0 Å². The van der Waals surface area contributed by atoms with Crippen LogP contribution in [-0.2, 0) is 5.41 Å². The highest BCUT2D eigenvalue weighted by atomic mass is 15.1. The zero-order valence-electron chi connectivity index (χ0n) is 34.6. The summed E-state index contributed by atoms with van der Waals surface area (Å²) >= 11 is 0. The van der Waals surface area contributed by atoms with Crippen molar-refractivity contribution in [2.24, 2.45) is 0 Å². The largest absolute Gasteiger partial charge is 0.310 e. The van der Waals surface area contributed by atoms with Gasteiger partial charge < -0.3 is 9.80 Å². The van der Waals surface area contributed by atoms with Gasteiger partial charge in [-0.15, -0.1) is 0 Å². The smallest absolute Gasteiger partial charge is 0.0727 e. The summed E-state index contributed by atoms with van der Waals surface area (Å²) in [6, 6.07) is 93.2. The van der Waals surface area contributed by atoms with E-state index in [4.69, 9.17) is 0 Å². The normalized spacial score (nSPS) is 14.1. The van der Waals surface area contributed by atoms with Crippen LogP contribution in [0.3, 0.4) is 0 Å². The van der Waals surface area contributed by atoms with Gasteiger partial charge in [-0.05, 0) is 140 Å². The summed E-state index contributed by atoms with van der Waals surface area (Å²) in [6.07, 6.45) is 0. The van der Waals surface area contributed by atoms with E-state index in [0.717, 1.165) is 34.1 Å². The van der Waals surface area contributed by atoms with Crippen molar-refractivity contribution in [3.05, 3.63) is 277 Å². The summed E-state index contributed by atoms with van der Waals surface area (Å²) in [6.45, 7) is 0. The second-order valence-electron chi connectivity index (χ2n) is 16.5. The van der Waals surface area contributed by atoms with Crippen LogP contribution < -0.4 is 9.80 Å². The van der Waals surface area contributed by atoms with E-state index in [-0.39, 0.29) is 0 Å². The van der Waals surface area contributed by atoms with Gasteiger partial charge in [-0.2, -0.15) is 0 Å². The van der Waals surface area contributed by atoms with Gasteiger partial charge in [-0.1, -0.05) is 182 Å². The van der Waals surface area contributed by atoms with E-state index in [2.05, 4.69) is 265 Å². The molecule has 12 rings (SSSR count). The van der Waals surface area contributed by atoms with Gasteiger partial charge in [-0.3, -0.25) is 0 Å². The number of hydrogen-bond donors (Lipinski definition) is 0. The van der Waals surface area contributed by atoms with Crippen LogP contribution in [0.2, 0.25) is 0 Å². The third kappa shape index (κ3) is 5.95. The van der Waals surface area contributed by atoms with Crippen molar-refractivity contribution in [2.75, 3.05) is 9.80 Å². The van der Waals surface area contributed by atoms with Gasteiger partial charge in [0.25, 0.3) is 0 Å². The van der Waals surface area contributed by atoms with E-state index in [0.29, 0.717) is 0 Å². The van der Waals surface area contributed by atoms with E-state index in [1.165, 1.54) is 66.8 Å². The maximum atomic E-state index is 2.49. The van der Waals surface area contributed by atoms with E-state index in [1.54, 1.807) is 0 Å². The molecule has 10 aromatic rings. The standard InChI is InChI=1S/C61H42N2/c1-5-18-43(19-6-1)45-32-34-49(35-33-45)63(50-27-17-22-46(40-50)44-20-7-2-8-21-44)52-37-39-56-54-29-14-16-31-58(54)61(60(56)42-52)57-30-15-13-28-53(57)55-38-36-51(41-59(55)61)62(47-23-9-3-10-24-47)48-25-11-4-12-26-48/h1-42H. The molecule has 0 saturated heterocycles. The second-order valence-corrected chi connectivity index (χ2v) is 16.5. The minimum absolute atomic E-state index is 0.558. The lowest BCUT2D eigenvalue weighted by atomic mass is 9.70. The van der Waals surface area contributed by atoms with Crippen LogP contribution in [-0.4, -0.2) is 0 Å². The molecule has 2 aliphatic rings. The third-order valence-corrected chi connectivity index (χ3v) is 13.0. The zero-order valence-corrected chi connectivity index (χ0v) is 34.6. The number of fused-ring (bicyclic) bond motifs is 10. The van der Waals surface area contributed by atoms with Crippen molar-refractivity contribution in [1.29, 1.82) is 0 Å². The van der Waals surface area contributed by atoms with Crippen LogP contribution in [0, 0.1) is 0 Å². The molecule has 0 amide bonds. The topological polar surface area (TPSA) is 6.48 Å². The first-order chi connectivity index (χ1) is 31.3. The predicted molar refractivity (Wildman–Crippen MR) is 263 cm³/mol. The summed E-state index contributed by atoms with van der Waals surface area (Å²) < 4.78 is 0. The maximum absolute atomic E-state index is 2.49. The Morgan fingerprint density at radius 3 is 1.06 bits per heavy atom. The Bertz CT molecular complexity index is 3220.